The number of amides is 2. The van der Waals surface area contributed by atoms with Gasteiger partial charge in [0.25, 0.3) is 11.8 Å². The van der Waals surface area contributed by atoms with Crippen LogP contribution >= 0.6 is 0 Å². The highest BCUT2D eigenvalue weighted by Crippen LogP contribution is 2.35. The van der Waals surface area contributed by atoms with Crippen molar-refractivity contribution in [3.8, 4) is 0 Å². The summed E-state index contributed by atoms with van der Waals surface area (Å²) in [6.07, 6.45) is 7.60. The predicted molar refractivity (Wildman–Crippen MR) is 116 cm³/mol. The van der Waals surface area contributed by atoms with E-state index in [9.17, 15) is 9.59 Å². The van der Waals surface area contributed by atoms with Crippen LogP contribution in [0.25, 0.3) is 0 Å². The van der Waals surface area contributed by atoms with Gasteiger partial charge in [0.05, 0.1) is 0 Å². The first-order chi connectivity index (χ1) is 15.1. The number of carbonyl (C=O) groups excluding carboxylic acids is 2. The summed E-state index contributed by atoms with van der Waals surface area (Å²) >= 11 is 0. The molecule has 2 amide bonds. The van der Waals surface area contributed by atoms with Crippen molar-refractivity contribution in [2.75, 3.05) is 25.4 Å². The average Bonchev–Trinajstić information content (AvgIpc) is 2.84. The molecule has 1 fully saturated rings. The van der Waals surface area contributed by atoms with Crippen LogP contribution in [-0.4, -0.2) is 51.3 Å². The van der Waals surface area contributed by atoms with Gasteiger partial charge >= 0.3 is 0 Å². The number of pyridine rings is 1. The molecule has 8 heteroatoms. The molecular formula is C23H24N6O2. The third-order valence-corrected chi connectivity index (χ3v) is 5.85. The number of likely N-dealkylation sites (tertiary alicyclic amines) is 1. The smallest absolute Gasteiger partial charge is 0.273 e. The molecule has 0 atom stereocenters. The van der Waals surface area contributed by atoms with Gasteiger partial charge in [0.2, 0.25) is 0 Å². The Morgan fingerprint density at radius 3 is 2.32 bits per heavy atom. The van der Waals surface area contributed by atoms with Crippen molar-refractivity contribution in [2.45, 2.75) is 18.3 Å². The van der Waals surface area contributed by atoms with Crippen LogP contribution in [0, 0.1) is 0 Å². The van der Waals surface area contributed by atoms with E-state index in [0.29, 0.717) is 25.2 Å². The fraction of sp³-hybridized carbons (Fsp3) is 0.261. The van der Waals surface area contributed by atoms with E-state index in [1.54, 1.807) is 24.5 Å². The highest BCUT2D eigenvalue weighted by atomic mass is 16.2. The van der Waals surface area contributed by atoms with Crippen LogP contribution < -0.4 is 11.1 Å². The van der Waals surface area contributed by atoms with Gasteiger partial charge in [0.1, 0.15) is 0 Å². The van der Waals surface area contributed by atoms with E-state index in [1.807, 2.05) is 23.1 Å². The lowest BCUT2D eigenvalue weighted by molar-refractivity contribution is 0.0656. The fourth-order valence-corrected chi connectivity index (χ4v) is 4.03. The maximum Gasteiger partial charge on any atom is 0.273 e. The maximum atomic E-state index is 12.8. The number of hydrogen-bond acceptors (Lipinski definition) is 6. The predicted octanol–water partition coefficient (Wildman–Crippen LogP) is 2.06. The maximum absolute atomic E-state index is 12.8. The highest BCUT2D eigenvalue weighted by Gasteiger charge is 2.38. The van der Waals surface area contributed by atoms with Gasteiger partial charge in [-0.2, -0.15) is 0 Å². The zero-order valence-electron chi connectivity index (χ0n) is 17.1. The average molecular weight is 416 g/mol. The van der Waals surface area contributed by atoms with Crippen molar-refractivity contribution in [2.24, 2.45) is 0 Å². The molecule has 1 aromatic carbocycles. The molecule has 0 aliphatic carbocycles. The molecule has 0 saturated carbocycles. The Balaban J connectivity index is 1.50. The Morgan fingerprint density at radius 2 is 1.65 bits per heavy atom. The van der Waals surface area contributed by atoms with E-state index in [4.69, 9.17) is 5.73 Å². The second kappa shape index (κ2) is 8.91. The number of aromatic nitrogens is 3. The standard InChI is InChI=1S/C23H24N6O2/c24-20-19(26-12-13-27-20)21(30)28-16-23(18-4-2-1-3-5-18)8-14-29(15-9-23)22(31)17-6-10-25-11-7-17/h1-7,10-13H,8-9,14-16H2,(H2,24,27)(H,28,30). The van der Waals surface area contributed by atoms with Crippen LogP contribution in [0.3, 0.4) is 0 Å². The van der Waals surface area contributed by atoms with Crippen molar-refractivity contribution < 1.29 is 9.59 Å². The highest BCUT2D eigenvalue weighted by molar-refractivity contribution is 5.96. The summed E-state index contributed by atoms with van der Waals surface area (Å²) in [7, 11) is 0. The molecule has 3 N–H and O–H groups in total. The number of rotatable bonds is 5. The molecule has 0 spiro atoms. The van der Waals surface area contributed by atoms with Crippen LogP contribution in [-0.2, 0) is 5.41 Å². The Morgan fingerprint density at radius 1 is 0.968 bits per heavy atom. The van der Waals surface area contributed by atoms with Gasteiger partial charge in [0.15, 0.2) is 11.5 Å². The van der Waals surface area contributed by atoms with Crippen LogP contribution in [0.5, 0.6) is 0 Å². The van der Waals surface area contributed by atoms with Gasteiger partial charge in [-0.1, -0.05) is 30.3 Å². The fourth-order valence-electron chi connectivity index (χ4n) is 4.03. The lowest BCUT2D eigenvalue weighted by atomic mass is 9.72. The van der Waals surface area contributed by atoms with Crippen molar-refractivity contribution in [3.63, 3.8) is 0 Å². The summed E-state index contributed by atoms with van der Waals surface area (Å²) in [5.41, 5.74) is 7.40. The van der Waals surface area contributed by atoms with Gasteiger partial charge in [-0.15, -0.1) is 0 Å². The largest absolute Gasteiger partial charge is 0.382 e. The number of nitrogen functional groups attached to an aromatic ring is 1. The van der Waals surface area contributed by atoms with Crippen molar-refractivity contribution in [3.05, 3.63) is 84.1 Å². The third-order valence-electron chi connectivity index (χ3n) is 5.85. The van der Waals surface area contributed by atoms with E-state index in [2.05, 4.69) is 32.4 Å². The molecule has 31 heavy (non-hydrogen) atoms. The van der Waals surface area contributed by atoms with Gasteiger partial charge in [0, 0.05) is 55.4 Å². The first kappa shape index (κ1) is 20.5. The Labute approximate surface area is 180 Å². The lowest BCUT2D eigenvalue weighted by Crippen LogP contribution is -2.50. The molecule has 2 aromatic heterocycles. The lowest BCUT2D eigenvalue weighted by Gasteiger charge is -2.42. The molecule has 0 unspecified atom stereocenters. The van der Waals surface area contributed by atoms with Crippen molar-refractivity contribution in [1.29, 1.82) is 0 Å². The molecule has 8 nitrogen and oxygen atoms in total. The molecular weight excluding hydrogens is 392 g/mol. The normalized spacial score (nSPS) is 15.3. The number of piperidine rings is 1. The minimum atomic E-state index is -0.351. The molecule has 3 aromatic rings. The summed E-state index contributed by atoms with van der Waals surface area (Å²) < 4.78 is 0. The number of anilines is 1. The van der Waals surface area contributed by atoms with Crippen LogP contribution in [0.15, 0.2) is 67.3 Å². The second-order valence-electron chi connectivity index (χ2n) is 7.65. The Hall–Kier alpha value is -3.81. The van der Waals surface area contributed by atoms with Crippen molar-refractivity contribution >= 4 is 17.6 Å². The molecule has 0 radical (unpaired) electrons. The van der Waals surface area contributed by atoms with Gasteiger partial charge < -0.3 is 16.0 Å². The zero-order valence-corrected chi connectivity index (χ0v) is 17.1. The molecule has 1 saturated heterocycles. The first-order valence-electron chi connectivity index (χ1n) is 10.2. The zero-order chi connectivity index (χ0) is 21.7. The Bertz CT molecular complexity index is 1050. The summed E-state index contributed by atoms with van der Waals surface area (Å²) in [5, 5.41) is 2.99. The summed E-state index contributed by atoms with van der Waals surface area (Å²) in [6, 6.07) is 13.6. The summed E-state index contributed by atoms with van der Waals surface area (Å²) in [5.74, 6) is -0.247. The van der Waals surface area contributed by atoms with Crippen molar-refractivity contribution in [1.82, 2.24) is 25.2 Å². The molecule has 0 bridgehead atoms. The second-order valence-corrected chi connectivity index (χ2v) is 7.65. The topological polar surface area (TPSA) is 114 Å². The number of hydrogen-bond donors (Lipinski definition) is 2. The Kier molecular flexibility index (Phi) is 5.88. The van der Waals surface area contributed by atoms with Crippen LogP contribution in [0.4, 0.5) is 5.82 Å². The molecule has 1 aliphatic heterocycles. The third kappa shape index (κ3) is 4.37. The number of carbonyl (C=O) groups is 2. The van der Waals surface area contributed by atoms with Crippen LogP contribution in [0.1, 0.15) is 39.3 Å². The van der Waals surface area contributed by atoms with E-state index in [1.165, 1.54) is 12.4 Å². The molecule has 3 heterocycles. The summed E-state index contributed by atoms with van der Waals surface area (Å²) in [4.78, 5) is 39.3. The number of nitrogens with two attached hydrogens (primary N) is 1. The molecule has 158 valence electrons. The van der Waals surface area contributed by atoms with Crippen LogP contribution in [0.2, 0.25) is 0 Å². The molecule has 4 rings (SSSR count). The van der Waals surface area contributed by atoms with Gasteiger partial charge in [-0.3, -0.25) is 14.6 Å². The number of nitrogens with zero attached hydrogens (tertiary/aromatic N) is 4. The van der Waals surface area contributed by atoms with Gasteiger partial charge in [-0.25, -0.2) is 9.97 Å². The van der Waals surface area contributed by atoms with Gasteiger partial charge in [-0.05, 0) is 30.5 Å². The molecule has 1 aliphatic rings. The van der Waals surface area contributed by atoms with E-state index < -0.39 is 0 Å². The SMILES string of the molecule is Nc1nccnc1C(=O)NCC1(c2ccccc2)CCN(C(=O)c2ccncc2)CC1. The summed E-state index contributed by atoms with van der Waals surface area (Å²) in [6.45, 7) is 1.61. The minimum Gasteiger partial charge on any atom is -0.382 e. The van der Waals surface area contributed by atoms with E-state index in [0.717, 1.165) is 18.4 Å². The number of nitrogens with one attached hydrogen (secondary N) is 1. The number of benzene rings is 1. The monoisotopic (exact) mass is 416 g/mol. The quantitative estimate of drug-likeness (QED) is 0.658. The van der Waals surface area contributed by atoms with E-state index in [-0.39, 0.29) is 28.7 Å². The minimum absolute atomic E-state index is 0.000399. The first-order valence-corrected chi connectivity index (χ1v) is 10.2. The van der Waals surface area contributed by atoms with E-state index >= 15 is 0 Å².